The van der Waals surface area contributed by atoms with Crippen molar-refractivity contribution in [2.45, 2.75) is 79.2 Å². The lowest BCUT2D eigenvalue weighted by Crippen LogP contribution is -2.10. The fourth-order valence-electron chi connectivity index (χ4n) is 2.31. The van der Waals surface area contributed by atoms with Gasteiger partial charge in [0.1, 0.15) is 5.78 Å². The van der Waals surface area contributed by atoms with Gasteiger partial charge in [0.05, 0.1) is 6.10 Å². The summed E-state index contributed by atoms with van der Waals surface area (Å²) in [7, 11) is 0. The minimum Gasteiger partial charge on any atom is -0.463 e. The third-order valence-electron chi connectivity index (χ3n) is 3.21. The molecule has 3 nitrogen and oxygen atoms in total. The van der Waals surface area contributed by atoms with E-state index in [-0.39, 0.29) is 12.1 Å². The van der Waals surface area contributed by atoms with Crippen molar-refractivity contribution in [2.24, 2.45) is 5.92 Å². The first kappa shape index (κ1) is 20.6. The number of unbranched alkanes of at least 4 members (excludes halogenated alkanes) is 1. The Morgan fingerprint density at radius 2 is 2.05 bits per heavy atom. The zero-order chi connectivity index (χ0) is 17.0. The predicted molar refractivity (Wildman–Crippen MR) is 91.7 cm³/mol. The minimum absolute atomic E-state index is 0.0132. The summed E-state index contributed by atoms with van der Waals surface area (Å²) < 4.78 is 4.97. The van der Waals surface area contributed by atoms with E-state index >= 15 is 0 Å². The molecule has 0 radical (unpaired) electrons. The van der Waals surface area contributed by atoms with Gasteiger partial charge in [0, 0.05) is 19.3 Å². The van der Waals surface area contributed by atoms with Crippen LogP contribution in [0.1, 0.15) is 73.1 Å². The quantitative estimate of drug-likeness (QED) is 0.394. The molecular weight excluding hydrogens is 276 g/mol. The molecule has 0 spiro atoms. The summed E-state index contributed by atoms with van der Waals surface area (Å²) in [5, 5.41) is 0. The molecule has 1 aliphatic carbocycles. The molecule has 0 aromatic heterocycles. The Bertz CT molecular complexity index is 387. The highest BCUT2D eigenvalue weighted by Crippen LogP contribution is 2.23. The average molecular weight is 308 g/mol. The second-order valence-electron chi connectivity index (χ2n) is 6.29. The number of hydrogen-bond acceptors (Lipinski definition) is 3. The molecular formula is C19H32O3. The lowest BCUT2D eigenvalue weighted by Gasteiger charge is -2.06. The van der Waals surface area contributed by atoms with Gasteiger partial charge >= 0.3 is 5.97 Å². The lowest BCUT2D eigenvalue weighted by molar-refractivity contribution is -0.147. The number of ether oxygens (including phenoxy) is 1. The van der Waals surface area contributed by atoms with E-state index in [2.05, 4.69) is 26.0 Å². The van der Waals surface area contributed by atoms with Crippen LogP contribution in [0.15, 0.2) is 23.8 Å². The summed E-state index contributed by atoms with van der Waals surface area (Å²) in [6.45, 7) is 9.88. The molecule has 0 aromatic carbocycles. The molecule has 3 heteroatoms. The smallest absolute Gasteiger partial charge is 0.306 e. The van der Waals surface area contributed by atoms with Crippen molar-refractivity contribution in [3.8, 4) is 0 Å². The van der Waals surface area contributed by atoms with E-state index in [4.69, 9.17) is 4.74 Å². The molecule has 1 saturated carbocycles. The van der Waals surface area contributed by atoms with Gasteiger partial charge < -0.3 is 4.74 Å². The van der Waals surface area contributed by atoms with Crippen LogP contribution in [-0.2, 0) is 14.3 Å². The zero-order valence-electron chi connectivity index (χ0n) is 14.9. The highest BCUT2D eigenvalue weighted by atomic mass is 16.5. The standard InChI is InChI=1S/C10H18O2.C9H14O/c1-4-5-6-7-8-10(11)12-9(2)3;1-7(2)5-8-3-4-9(10)6-8/h4-5,9H,6-8H2,1-3H3;5,8H,3-4,6H2,1-2H3/b5-4-;. The predicted octanol–water partition coefficient (Wildman–Crippen LogP) is 5.01. The van der Waals surface area contributed by atoms with Crippen molar-refractivity contribution < 1.29 is 14.3 Å². The van der Waals surface area contributed by atoms with Crippen LogP contribution >= 0.6 is 0 Å². The Kier molecular flexibility index (Phi) is 11.4. The Labute approximate surface area is 135 Å². The van der Waals surface area contributed by atoms with Gasteiger partial charge in [-0.3, -0.25) is 9.59 Å². The summed E-state index contributed by atoms with van der Waals surface area (Å²) in [5.41, 5.74) is 1.33. The molecule has 0 bridgehead atoms. The normalized spacial score (nSPS) is 17.4. The second kappa shape index (κ2) is 12.2. The Morgan fingerprint density at radius 3 is 2.50 bits per heavy atom. The van der Waals surface area contributed by atoms with Crippen LogP contribution in [0.5, 0.6) is 0 Å². The summed E-state index contributed by atoms with van der Waals surface area (Å²) in [5.74, 6) is 0.898. The van der Waals surface area contributed by atoms with E-state index < -0.39 is 0 Å². The van der Waals surface area contributed by atoms with Crippen LogP contribution in [0, 0.1) is 5.92 Å². The molecule has 0 heterocycles. The van der Waals surface area contributed by atoms with E-state index in [0.29, 0.717) is 18.1 Å². The lowest BCUT2D eigenvalue weighted by atomic mass is 10.1. The number of hydrogen-bond donors (Lipinski definition) is 0. The van der Waals surface area contributed by atoms with Crippen molar-refractivity contribution in [3.63, 3.8) is 0 Å². The fourth-order valence-corrected chi connectivity index (χ4v) is 2.31. The number of carbonyl (C=O) groups excluding carboxylic acids is 2. The second-order valence-corrected chi connectivity index (χ2v) is 6.29. The third kappa shape index (κ3) is 12.4. The molecule has 22 heavy (non-hydrogen) atoms. The van der Waals surface area contributed by atoms with Gasteiger partial charge in [-0.05, 0) is 59.8 Å². The van der Waals surface area contributed by atoms with Crippen LogP contribution in [0.2, 0.25) is 0 Å². The number of rotatable bonds is 6. The number of carbonyl (C=O) groups is 2. The molecule has 0 amide bonds. The van der Waals surface area contributed by atoms with Crippen LogP contribution in [-0.4, -0.2) is 17.9 Å². The van der Waals surface area contributed by atoms with E-state index in [1.807, 2.05) is 26.8 Å². The minimum atomic E-state index is -0.0884. The summed E-state index contributed by atoms with van der Waals surface area (Å²) >= 11 is 0. The Hall–Kier alpha value is -1.38. The van der Waals surface area contributed by atoms with E-state index in [1.165, 1.54) is 5.57 Å². The molecule has 1 unspecified atom stereocenters. The van der Waals surface area contributed by atoms with E-state index in [1.54, 1.807) is 0 Å². The van der Waals surface area contributed by atoms with Crippen molar-refractivity contribution in [3.05, 3.63) is 23.8 Å². The summed E-state index contributed by atoms with van der Waals surface area (Å²) in [6, 6.07) is 0. The van der Waals surface area contributed by atoms with E-state index in [9.17, 15) is 9.59 Å². The maximum atomic E-state index is 11.0. The maximum Gasteiger partial charge on any atom is 0.306 e. The number of esters is 1. The molecule has 0 saturated heterocycles. The third-order valence-corrected chi connectivity index (χ3v) is 3.21. The summed E-state index contributed by atoms with van der Waals surface area (Å²) in [6.07, 6.45) is 11.3. The SMILES string of the molecule is C/C=C\CCCC(=O)OC(C)C.CC(C)=CC1CCC(=O)C1. The summed E-state index contributed by atoms with van der Waals surface area (Å²) in [4.78, 5) is 21.8. The van der Waals surface area contributed by atoms with Crippen LogP contribution in [0.3, 0.4) is 0 Å². The molecule has 0 aliphatic heterocycles. The Morgan fingerprint density at radius 1 is 1.36 bits per heavy atom. The largest absolute Gasteiger partial charge is 0.463 e. The molecule has 1 rings (SSSR count). The first-order valence-corrected chi connectivity index (χ1v) is 8.32. The molecule has 0 N–H and O–H groups in total. The maximum absolute atomic E-state index is 11.0. The highest BCUT2D eigenvalue weighted by molar-refractivity contribution is 5.80. The van der Waals surface area contributed by atoms with Gasteiger partial charge in [-0.2, -0.15) is 0 Å². The first-order valence-electron chi connectivity index (χ1n) is 8.32. The highest BCUT2D eigenvalue weighted by Gasteiger charge is 2.19. The average Bonchev–Trinajstić information content (AvgIpc) is 2.79. The monoisotopic (exact) mass is 308 g/mol. The number of allylic oxidation sites excluding steroid dienone is 4. The van der Waals surface area contributed by atoms with Crippen LogP contribution in [0.4, 0.5) is 0 Å². The van der Waals surface area contributed by atoms with Crippen molar-refractivity contribution in [2.75, 3.05) is 0 Å². The van der Waals surface area contributed by atoms with Gasteiger partial charge in [0.2, 0.25) is 0 Å². The molecule has 0 aromatic rings. The Balaban J connectivity index is 0.000000406. The fraction of sp³-hybridized carbons (Fsp3) is 0.684. The van der Waals surface area contributed by atoms with Gasteiger partial charge in [-0.1, -0.05) is 23.8 Å². The number of ketones is 1. The van der Waals surface area contributed by atoms with Crippen LogP contribution in [0.25, 0.3) is 0 Å². The number of Topliss-reactive ketones (excluding diaryl/α,β-unsaturated/α-hetero) is 1. The van der Waals surface area contributed by atoms with Crippen molar-refractivity contribution >= 4 is 11.8 Å². The van der Waals surface area contributed by atoms with Crippen molar-refractivity contribution in [1.82, 2.24) is 0 Å². The van der Waals surface area contributed by atoms with Gasteiger partial charge in [0.15, 0.2) is 0 Å². The zero-order valence-corrected chi connectivity index (χ0v) is 14.9. The van der Waals surface area contributed by atoms with Gasteiger partial charge in [0.25, 0.3) is 0 Å². The van der Waals surface area contributed by atoms with E-state index in [0.717, 1.165) is 32.1 Å². The van der Waals surface area contributed by atoms with Gasteiger partial charge in [-0.15, -0.1) is 0 Å². The molecule has 1 fully saturated rings. The van der Waals surface area contributed by atoms with Gasteiger partial charge in [-0.25, -0.2) is 0 Å². The topological polar surface area (TPSA) is 43.4 Å². The molecule has 1 atom stereocenters. The molecule has 1 aliphatic rings. The van der Waals surface area contributed by atoms with Crippen molar-refractivity contribution in [1.29, 1.82) is 0 Å². The van der Waals surface area contributed by atoms with Crippen LogP contribution < -0.4 is 0 Å². The first-order chi connectivity index (χ1) is 10.3. The molecule has 126 valence electrons.